The van der Waals surface area contributed by atoms with Gasteiger partial charge in [0.05, 0.1) is 33.6 Å². The van der Waals surface area contributed by atoms with E-state index < -0.39 is 10.8 Å². The Kier molecular flexibility index (Phi) is 5.56. The minimum atomic E-state index is -1.24. The molecule has 4 nitrogen and oxygen atoms in total. The summed E-state index contributed by atoms with van der Waals surface area (Å²) in [6.45, 7) is 5.24. The topological polar surface area (TPSA) is 60.9 Å². The lowest BCUT2D eigenvalue weighted by Gasteiger charge is -2.07. The highest BCUT2D eigenvalue weighted by Crippen LogP contribution is 2.26. The van der Waals surface area contributed by atoms with Gasteiger partial charge in [-0.05, 0) is 37.1 Å². The smallest absolute Gasteiger partial charge is 0.0887 e. The van der Waals surface area contributed by atoms with Crippen molar-refractivity contribution in [3.05, 3.63) is 40.7 Å². The zero-order chi connectivity index (χ0) is 15.4. The monoisotopic (exact) mass is 325 g/mol. The summed E-state index contributed by atoms with van der Waals surface area (Å²) in [4.78, 5) is 1.58. The summed E-state index contributed by atoms with van der Waals surface area (Å²) in [5, 5.41) is 5.21. The van der Waals surface area contributed by atoms with Crippen LogP contribution in [0.5, 0.6) is 0 Å². The molecule has 0 spiro atoms. The molecule has 1 aromatic heterocycles. The van der Waals surface area contributed by atoms with Gasteiger partial charge >= 0.3 is 0 Å². The second kappa shape index (κ2) is 7.20. The molecule has 0 fully saturated rings. The molecular formula is C15H20ClN3OS. The molecule has 2 aromatic rings. The number of hydrogen-bond donors (Lipinski definition) is 1. The van der Waals surface area contributed by atoms with Gasteiger partial charge in [0.15, 0.2) is 0 Å². The summed E-state index contributed by atoms with van der Waals surface area (Å²) < 4.78 is 14.8. The van der Waals surface area contributed by atoms with E-state index in [1.807, 2.05) is 18.5 Å². The first-order chi connectivity index (χ1) is 10.1. The number of aryl methyl sites for hydroxylation is 1. The van der Waals surface area contributed by atoms with Crippen molar-refractivity contribution in [3.8, 4) is 0 Å². The van der Waals surface area contributed by atoms with Crippen molar-refractivity contribution in [1.82, 2.24) is 9.78 Å². The predicted molar refractivity (Wildman–Crippen MR) is 86.2 cm³/mol. The molecule has 2 rings (SSSR count). The Morgan fingerprint density at radius 2 is 1.90 bits per heavy atom. The average molecular weight is 326 g/mol. The molecule has 1 heterocycles. The van der Waals surface area contributed by atoms with E-state index in [2.05, 4.69) is 5.10 Å². The summed E-state index contributed by atoms with van der Waals surface area (Å²) in [5.74, 6) is 0. The van der Waals surface area contributed by atoms with Crippen LogP contribution in [0, 0.1) is 0 Å². The van der Waals surface area contributed by atoms with Crippen LogP contribution in [0.4, 0.5) is 0 Å². The van der Waals surface area contributed by atoms with E-state index in [-0.39, 0.29) is 0 Å². The second-order valence-corrected chi connectivity index (χ2v) is 6.52. The molecule has 0 aliphatic carbocycles. The third-order valence-electron chi connectivity index (χ3n) is 3.30. The fraction of sp³-hybridized carbons (Fsp3) is 0.400. The maximum atomic E-state index is 12.9. The quantitative estimate of drug-likeness (QED) is 0.888. The zero-order valence-corrected chi connectivity index (χ0v) is 13.9. The summed E-state index contributed by atoms with van der Waals surface area (Å²) >= 11 is 5.90. The third kappa shape index (κ3) is 3.36. The van der Waals surface area contributed by atoms with E-state index in [1.165, 1.54) is 0 Å². The molecule has 6 heteroatoms. The fourth-order valence-corrected chi connectivity index (χ4v) is 3.91. The third-order valence-corrected chi connectivity index (χ3v) is 5.10. The molecule has 0 aliphatic heterocycles. The van der Waals surface area contributed by atoms with Gasteiger partial charge in [-0.2, -0.15) is 5.10 Å². The van der Waals surface area contributed by atoms with E-state index in [9.17, 15) is 4.21 Å². The Balaban J connectivity index is 2.50. The van der Waals surface area contributed by atoms with Gasteiger partial charge in [0, 0.05) is 16.5 Å². The molecule has 1 unspecified atom stereocenters. The summed E-state index contributed by atoms with van der Waals surface area (Å²) in [7, 11) is -1.24. The van der Waals surface area contributed by atoms with Crippen LogP contribution in [0.3, 0.4) is 0 Å². The van der Waals surface area contributed by atoms with Gasteiger partial charge < -0.3 is 5.73 Å². The van der Waals surface area contributed by atoms with Gasteiger partial charge in [0.2, 0.25) is 0 Å². The molecule has 0 radical (unpaired) electrons. The maximum absolute atomic E-state index is 12.9. The number of nitrogens with two attached hydrogens (primary N) is 1. The lowest BCUT2D eigenvalue weighted by molar-refractivity contribution is 0.588. The van der Waals surface area contributed by atoms with E-state index >= 15 is 0 Å². The molecule has 0 amide bonds. The number of aromatic nitrogens is 2. The van der Waals surface area contributed by atoms with Crippen molar-refractivity contribution < 1.29 is 4.21 Å². The highest BCUT2D eigenvalue weighted by Gasteiger charge is 2.21. The van der Waals surface area contributed by atoms with E-state index in [1.54, 1.807) is 24.3 Å². The fourth-order valence-electron chi connectivity index (χ4n) is 2.31. The molecule has 0 bridgehead atoms. The number of halogens is 1. The first-order valence-electron chi connectivity index (χ1n) is 7.08. The Labute approximate surface area is 132 Å². The van der Waals surface area contributed by atoms with Gasteiger partial charge in [-0.3, -0.25) is 4.68 Å². The van der Waals surface area contributed by atoms with Crippen LogP contribution in [-0.2, 0) is 30.2 Å². The minimum absolute atomic E-state index is 0.519. The normalized spacial score (nSPS) is 12.6. The largest absolute Gasteiger partial charge is 0.329 e. The summed E-state index contributed by atoms with van der Waals surface area (Å²) in [5.41, 5.74) is 7.53. The molecule has 2 N–H and O–H groups in total. The number of benzene rings is 1. The maximum Gasteiger partial charge on any atom is 0.0887 e. The Morgan fingerprint density at radius 1 is 1.24 bits per heavy atom. The van der Waals surface area contributed by atoms with Crippen LogP contribution in [0.15, 0.2) is 34.1 Å². The standard InChI is InChI=1S/C15H20ClN3OS/c1-3-13-15(14(4-2)19(18-13)10-9-17)21(20)12-7-5-11(16)6-8-12/h5-8H,3-4,9-10,17H2,1-2H3. The van der Waals surface area contributed by atoms with Crippen molar-refractivity contribution in [2.45, 2.75) is 43.0 Å². The SMILES string of the molecule is CCc1nn(CCN)c(CC)c1S(=O)c1ccc(Cl)cc1. The van der Waals surface area contributed by atoms with Gasteiger partial charge in [-0.15, -0.1) is 0 Å². The highest BCUT2D eigenvalue weighted by atomic mass is 35.5. The first-order valence-corrected chi connectivity index (χ1v) is 8.61. The minimum Gasteiger partial charge on any atom is -0.329 e. The summed E-state index contributed by atoms with van der Waals surface area (Å²) in [6.07, 6.45) is 1.53. The van der Waals surface area contributed by atoms with Crippen LogP contribution in [-0.4, -0.2) is 20.5 Å². The average Bonchev–Trinajstić information content (AvgIpc) is 2.85. The molecule has 114 valence electrons. The van der Waals surface area contributed by atoms with Crippen molar-refractivity contribution >= 4 is 22.4 Å². The highest BCUT2D eigenvalue weighted by molar-refractivity contribution is 7.85. The number of rotatable bonds is 6. The van der Waals surface area contributed by atoms with Crippen LogP contribution in [0.2, 0.25) is 5.02 Å². The van der Waals surface area contributed by atoms with Crippen LogP contribution in [0.25, 0.3) is 0 Å². The Hall–Kier alpha value is -1.17. The van der Waals surface area contributed by atoms with E-state index in [4.69, 9.17) is 17.3 Å². The molecule has 21 heavy (non-hydrogen) atoms. The molecular weight excluding hydrogens is 306 g/mol. The van der Waals surface area contributed by atoms with Crippen molar-refractivity contribution in [2.75, 3.05) is 6.54 Å². The second-order valence-electron chi connectivity index (χ2n) is 4.66. The summed E-state index contributed by atoms with van der Waals surface area (Å²) in [6, 6.07) is 7.13. The van der Waals surface area contributed by atoms with Gasteiger partial charge in [-0.1, -0.05) is 25.4 Å². The predicted octanol–water partition coefficient (Wildman–Crippen LogP) is 2.79. The number of nitrogens with zero attached hydrogens (tertiary/aromatic N) is 2. The van der Waals surface area contributed by atoms with Crippen molar-refractivity contribution in [1.29, 1.82) is 0 Å². The van der Waals surface area contributed by atoms with Gasteiger partial charge in [-0.25, -0.2) is 4.21 Å². The van der Waals surface area contributed by atoms with Gasteiger partial charge in [0.25, 0.3) is 0 Å². The Bertz CT molecular complexity index is 637. The Morgan fingerprint density at radius 3 is 2.43 bits per heavy atom. The van der Waals surface area contributed by atoms with Gasteiger partial charge in [0.1, 0.15) is 0 Å². The van der Waals surface area contributed by atoms with Crippen molar-refractivity contribution in [3.63, 3.8) is 0 Å². The number of hydrogen-bond acceptors (Lipinski definition) is 3. The molecule has 0 saturated heterocycles. The molecule has 0 saturated carbocycles. The lowest BCUT2D eigenvalue weighted by atomic mass is 10.2. The first kappa shape index (κ1) is 16.2. The van der Waals surface area contributed by atoms with Crippen LogP contribution >= 0.6 is 11.6 Å². The van der Waals surface area contributed by atoms with E-state index in [0.717, 1.165) is 34.0 Å². The van der Waals surface area contributed by atoms with Crippen molar-refractivity contribution in [2.24, 2.45) is 5.73 Å². The lowest BCUT2D eigenvalue weighted by Crippen LogP contribution is -2.14. The molecule has 1 aromatic carbocycles. The molecule has 1 atom stereocenters. The van der Waals surface area contributed by atoms with Crippen LogP contribution in [0.1, 0.15) is 25.2 Å². The molecule has 0 aliphatic rings. The van der Waals surface area contributed by atoms with E-state index in [0.29, 0.717) is 18.1 Å². The zero-order valence-electron chi connectivity index (χ0n) is 12.3. The van der Waals surface area contributed by atoms with Crippen LogP contribution < -0.4 is 5.73 Å².